The van der Waals surface area contributed by atoms with Crippen LogP contribution in [-0.4, -0.2) is 32.3 Å². The van der Waals surface area contributed by atoms with E-state index in [1.54, 1.807) is 6.20 Å². The van der Waals surface area contributed by atoms with E-state index in [1.165, 1.54) is 0 Å². The van der Waals surface area contributed by atoms with Gasteiger partial charge in [0.25, 0.3) is 0 Å². The summed E-state index contributed by atoms with van der Waals surface area (Å²) >= 11 is 0. The molecule has 26 heavy (non-hydrogen) atoms. The standard InChI is InChI=1S/C19H19N5O2/c25-18(13-26-12-16-6-1-2-9-20-16)21-15-7-3-5-14(11-15)19-23-22-17-8-4-10-24(17)19/h1-3,5-7,9,11H,4,8,10,12-13H2,(H,21,25). The first-order valence-corrected chi connectivity index (χ1v) is 8.59. The van der Waals surface area contributed by atoms with Gasteiger partial charge in [0.15, 0.2) is 5.82 Å². The van der Waals surface area contributed by atoms with E-state index >= 15 is 0 Å². The number of ether oxygens (including phenoxy) is 1. The van der Waals surface area contributed by atoms with Crippen molar-refractivity contribution in [1.29, 1.82) is 0 Å². The van der Waals surface area contributed by atoms with Crippen molar-refractivity contribution in [3.8, 4) is 11.4 Å². The second-order valence-corrected chi connectivity index (χ2v) is 6.14. The minimum Gasteiger partial charge on any atom is -0.365 e. The number of amides is 1. The van der Waals surface area contributed by atoms with Gasteiger partial charge in [-0.05, 0) is 30.7 Å². The van der Waals surface area contributed by atoms with Gasteiger partial charge >= 0.3 is 0 Å². The number of aromatic nitrogens is 4. The maximum absolute atomic E-state index is 12.1. The van der Waals surface area contributed by atoms with Gasteiger partial charge in [-0.1, -0.05) is 18.2 Å². The zero-order valence-electron chi connectivity index (χ0n) is 14.3. The molecule has 3 heterocycles. The average molecular weight is 349 g/mol. The number of nitrogens with one attached hydrogen (secondary N) is 1. The summed E-state index contributed by atoms with van der Waals surface area (Å²) in [6.07, 6.45) is 3.77. The molecule has 0 fully saturated rings. The van der Waals surface area contributed by atoms with Crippen molar-refractivity contribution < 1.29 is 9.53 Å². The number of aryl methyl sites for hydroxylation is 1. The molecule has 1 aromatic carbocycles. The van der Waals surface area contributed by atoms with E-state index in [-0.39, 0.29) is 12.5 Å². The van der Waals surface area contributed by atoms with E-state index in [2.05, 4.69) is 25.1 Å². The van der Waals surface area contributed by atoms with Gasteiger partial charge in [0, 0.05) is 30.4 Å². The molecule has 7 heteroatoms. The molecule has 1 N–H and O–H groups in total. The first-order valence-electron chi connectivity index (χ1n) is 8.59. The summed E-state index contributed by atoms with van der Waals surface area (Å²) < 4.78 is 7.55. The fraction of sp³-hybridized carbons (Fsp3) is 0.263. The Labute approximate surface area is 151 Å². The highest BCUT2D eigenvalue weighted by atomic mass is 16.5. The lowest BCUT2D eigenvalue weighted by Gasteiger charge is -2.08. The van der Waals surface area contributed by atoms with E-state index in [1.807, 2.05) is 42.5 Å². The van der Waals surface area contributed by atoms with Crippen LogP contribution in [0, 0.1) is 0 Å². The first kappa shape index (κ1) is 16.4. The fourth-order valence-corrected chi connectivity index (χ4v) is 3.03. The van der Waals surface area contributed by atoms with E-state index < -0.39 is 0 Å². The molecule has 0 spiro atoms. The molecule has 132 valence electrons. The van der Waals surface area contributed by atoms with Crippen LogP contribution >= 0.6 is 0 Å². The second-order valence-electron chi connectivity index (χ2n) is 6.14. The molecule has 0 atom stereocenters. The first-order chi connectivity index (χ1) is 12.8. The molecule has 0 saturated heterocycles. The Morgan fingerprint density at radius 2 is 2.15 bits per heavy atom. The zero-order chi connectivity index (χ0) is 17.8. The monoisotopic (exact) mass is 349 g/mol. The number of hydrogen-bond donors (Lipinski definition) is 1. The van der Waals surface area contributed by atoms with E-state index in [0.29, 0.717) is 12.3 Å². The second kappa shape index (κ2) is 7.45. The number of rotatable bonds is 6. The average Bonchev–Trinajstić information content (AvgIpc) is 3.26. The van der Waals surface area contributed by atoms with Crippen LogP contribution in [-0.2, 0) is 29.1 Å². The SMILES string of the molecule is O=C(COCc1ccccn1)Nc1cccc(-c2nnc3n2CCC3)c1. The van der Waals surface area contributed by atoms with Crippen molar-refractivity contribution in [2.75, 3.05) is 11.9 Å². The zero-order valence-corrected chi connectivity index (χ0v) is 14.3. The molecular weight excluding hydrogens is 330 g/mol. The van der Waals surface area contributed by atoms with Crippen LogP contribution in [0.2, 0.25) is 0 Å². The minimum absolute atomic E-state index is 0.0267. The Balaban J connectivity index is 1.37. The summed E-state index contributed by atoms with van der Waals surface area (Å²) in [6, 6.07) is 13.2. The lowest BCUT2D eigenvalue weighted by atomic mass is 10.2. The predicted molar refractivity (Wildman–Crippen MR) is 96.3 cm³/mol. The Bertz CT molecular complexity index is 907. The molecule has 4 rings (SSSR count). The van der Waals surface area contributed by atoms with Crippen LogP contribution in [0.15, 0.2) is 48.7 Å². The third kappa shape index (κ3) is 3.62. The number of hydrogen-bond acceptors (Lipinski definition) is 5. The molecule has 2 aromatic heterocycles. The molecule has 0 aliphatic carbocycles. The van der Waals surface area contributed by atoms with Crippen LogP contribution in [0.5, 0.6) is 0 Å². The number of anilines is 1. The van der Waals surface area contributed by atoms with Gasteiger partial charge in [0.05, 0.1) is 12.3 Å². The molecule has 1 amide bonds. The summed E-state index contributed by atoms with van der Waals surface area (Å²) in [5.74, 6) is 1.67. The molecule has 0 bridgehead atoms. The molecule has 0 saturated carbocycles. The Kier molecular flexibility index (Phi) is 4.70. The quantitative estimate of drug-likeness (QED) is 0.739. The third-order valence-corrected chi connectivity index (χ3v) is 4.22. The highest BCUT2D eigenvalue weighted by Gasteiger charge is 2.18. The van der Waals surface area contributed by atoms with Crippen LogP contribution < -0.4 is 5.32 Å². The summed E-state index contributed by atoms with van der Waals surface area (Å²) in [6.45, 7) is 1.22. The van der Waals surface area contributed by atoms with Crippen molar-refractivity contribution in [2.24, 2.45) is 0 Å². The van der Waals surface area contributed by atoms with E-state index in [9.17, 15) is 4.79 Å². The molecule has 1 aliphatic rings. The van der Waals surface area contributed by atoms with Crippen molar-refractivity contribution in [3.05, 3.63) is 60.2 Å². The smallest absolute Gasteiger partial charge is 0.250 e. The molecule has 7 nitrogen and oxygen atoms in total. The molecule has 0 unspecified atom stereocenters. The van der Waals surface area contributed by atoms with Crippen LogP contribution in [0.4, 0.5) is 5.69 Å². The van der Waals surface area contributed by atoms with Gasteiger partial charge in [-0.15, -0.1) is 10.2 Å². The van der Waals surface area contributed by atoms with Crippen LogP contribution in [0.3, 0.4) is 0 Å². The third-order valence-electron chi connectivity index (χ3n) is 4.22. The Morgan fingerprint density at radius 3 is 3.04 bits per heavy atom. The highest BCUT2D eigenvalue weighted by Crippen LogP contribution is 2.25. The van der Waals surface area contributed by atoms with Crippen molar-refractivity contribution in [1.82, 2.24) is 19.7 Å². The maximum atomic E-state index is 12.1. The van der Waals surface area contributed by atoms with Gasteiger partial charge in [-0.3, -0.25) is 9.78 Å². The van der Waals surface area contributed by atoms with Gasteiger partial charge < -0.3 is 14.6 Å². The number of carbonyl (C=O) groups excluding carboxylic acids is 1. The molecule has 1 aliphatic heterocycles. The largest absolute Gasteiger partial charge is 0.365 e. The summed E-state index contributed by atoms with van der Waals surface area (Å²) in [5, 5.41) is 11.4. The Hall–Kier alpha value is -3.06. The maximum Gasteiger partial charge on any atom is 0.250 e. The number of pyridine rings is 1. The van der Waals surface area contributed by atoms with Crippen molar-refractivity contribution in [2.45, 2.75) is 26.0 Å². The van der Waals surface area contributed by atoms with E-state index in [0.717, 1.165) is 42.3 Å². The van der Waals surface area contributed by atoms with Crippen molar-refractivity contribution in [3.63, 3.8) is 0 Å². The Morgan fingerprint density at radius 1 is 1.19 bits per heavy atom. The highest BCUT2D eigenvalue weighted by molar-refractivity contribution is 5.92. The van der Waals surface area contributed by atoms with Gasteiger partial charge in [-0.2, -0.15) is 0 Å². The summed E-state index contributed by atoms with van der Waals surface area (Å²) in [5.41, 5.74) is 2.45. The van der Waals surface area contributed by atoms with Crippen LogP contribution in [0.25, 0.3) is 11.4 Å². The van der Waals surface area contributed by atoms with Crippen molar-refractivity contribution >= 4 is 11.6 Å². The van der Waals surface area contributed by atoms with Crippen LogP contribution in [0.1, 0.15) is 17.9 Å². The lowest BCUT2D eigenvalue weighted by Crippen LogP contribution is -2.18. The number of fused-ring (bicyclic) bond motifs is 1. The molecular formula is C19H19N5O2. The predicted octanol–water partition coefficient (Wildman–Crippen LogP) is 2.44. The van der Waals surface area contributed by atoms with Gasteiger partial charge in [-0.25, -0.2) is 0 Å². The number of nitrogens with zero attached hydrogens (tertiary/aromatic N) is 4. The molecule has 3 aromatic rings. The van der Waals surface area contributed by atoms with E-state index in [4.69, 9.17) is 4.74 Å². The van der Waals surface area contributed by atoms with Gasteiger partial charge in [0.1, 0.15) is 12.4 Å². The molecule has 0 radical (unpaired) electrons. The minimum atomic E-state index is -0.204. The lowest BCUT2D eigenvalue weighted by molar-refractivity contribution is -0.121. The number of carbonyl (C=O) groups is 1. The number of benzene rings is 1. The van der Waals surface area contributed by atoms with Gasteiger partial charge in [0.2, 0.25) is 5.91 Å². The summed E-state index contributed by atoms with van der Waals surface area (Å²) in [7, 11) is 0. The fourth-order valence-electron chi connectivity index (χ4n) is 3.03. The normalized spacial score (nSPS) is 12.8. The topological polar surface area (TPSA) is 81.9 Å². The summed E-state index contributed by atoms with van der Waals surface area (Å²) in [4.78, 5) is 16.3.